The fraction of sp³-hybridized carbons (Fsp3) is 0.400. The van der Waals surface area contributed by atoms with Gasteiger partial charge in [0.05, 0.1) is 17.6 Å². The summed E-state index contributed by atoms with van der Waals surface area (Å²) in [5, 5.41) is 2.93. The van der Waals surface area contributed by atoms with Crippen molar-refractivity contribution in [2.24, 2.45) is 0 Å². The van der Waals surface area contributed by atoms with Crippen LogP contribution < -0.4 is 5.32 Å². The van der Waals surface area contributed by atoms with Crippen molar-refractivity contribution in [1.82, 2.24) is 14.9 Å². The van der Waals surface area contributed by atoms with Crippen molar-refractivity contribution >= 4 is 0 Å². The standard InChI is InChI=1S/C15H18F3N3/c1-4-19-8-12-5-6-13(7-14(12)15(16,17)18)21-9-20-10(2)11(21)3/h5-7,9,19H,4,8H2,1-3H3. The van der Waals surface area contributed by atoms with Gasteiger partial charge in [0, 0.05) is 17.9 Å². The fourth-order valence-corrected chi connectivity index (χ4v) is 2.15. The Balaban J connectivity index is 2.49. The zero-order valence-electron chi connectivity index (χ0n) is 12.3. The van der Waals surface area contributed by atoms with Gasteiger partial charge in [-0.05, 0) is 38.1 Å². The molecule has 1 aromatic carbocycles. The Kier molecular flexibility index (Phi) is 4.37. The lowest BCUT2D eigenvalue weighted by atomic mass is 10.1. The van der Waals surface area contributed by atoms with Gasteiger partial charge in [0.2, 0.25) is 0 Å². The predicted octanol–water partition coefficient (Wildman–Crippen LogP) is 3.62. The van der Waals surface area contributed by atoms with Crippen molar-refractivity contribution in [2.75, 3.05) is 6.54 Å². The summed E-state index contributed by atoms with van der Waals surface area (Å²) in [7, 11) is 0. The number of nitrogens with zero attached hydrogens (tertiary/aromatic N) is 2. The lowest BCUT2D eigenvalue weighted by molar-refractivity contribution is -0.138. The molecule has 0 aliphatic rings. The number of rotatable bonds is 4. The van der Waals surface area contributed by atoms with E-state index in [4.69, 9.17) is 0 Å². The zero-order chi connectivity index (χ0) is 15.6. The predicted molar refractivity (Wildman–Crippen MR) is 75.4 cm³/mol. The molecule has 0 unspecified atom stereocenters. The smallest absolute Gasteiger partial charge is 0.313 e. The molecule has 2 aromatic rings. The molecule has 1 N–H and O–H groups in total. The van der Waals surface area contributed by atoms with E-state index in [9.17, 15) is 13.2 Å². The number of imidazole rings is 1. The second-order valence-electron chi connectivity index (χ2n) is 4.90. The van der Waals surface area contributed by atoms with Crippen molar-refractivity contribution in [1.29, 1.82) is 0 Å². The molecule has 0 aliphatic carbocycles. The molecule has 0 fully saturated rings. The highest BCUT2D eigenvalue weighted by molar-refractivity contribution is 5.43. The normalized spacial score (nSPS) is 11.9. The lowest BCUT2D eigenvalue weighted by Gasteiger charge is -2.16. The monoisotopic (exact) mass is 297 g/mol. The van der Waals surface area contributed by atoms with E-state index in [1.165, 1.54) is 12.1 Å². The molecule has 0 saturated carbocycles. The topological polar surface area (TPSA) is 29.9 Å². The molecule has 1 heterocycles. The van der Waals surface area contributed by atoms with Crippen molar-refractivity contribution in [3.63, 3.8) is 0 Å². The summed E-state index contributed by atoms with van der Waals surface area (Å²) < 4.78 is 41.3. The summed E-state index contributed by atoms with van der Waals surface area (Å²) >= 11 is 0. The van der Waals surface area contributed by atoms with Crippen molar-refractivity contribution in [2.45, 2.75) is 33.5 Å². The summed E-state index contributed by atoms with van der Waals surface area (Å²) in [5.74, 6) is 0. The first-order chi connectivity index (χ1) is 9.84. The molecule has 1 aromatic heterocycles. The highest BCUT2D eigenvalue weighted by Crippen LogP contribution is 2.33. The van der Waals surface area contributed by atoms with Crippen LogP contribution in [0.15, 0.2) is 24.5 Å². The first kappa shape index (κ1) is 15.6. The van der Waals surface area contributed by atoms with Crippen LogP contribution in [0.2, 0.25) is 0 Å². The van der Waals surface area contributed by atoms with Gasteiger partial charge in [-0.25, -0.2) is 4.98 Å². The molecule has 0 radical (unpaired) electrons. The van der Waals surface area contributed by atoms with E-state index in [-0.39, 0.29) is 12.1 Å². The highest BCUT2D eigenvalue weighted by atomic mass is 19.4. The largest absolute Gasteiger partial charge is 0.416 e. The molecule has 0 saturated heterocycles. The van der Waals surface area contributed by atoms with Gasteiger partial charge < -0.3 is 9.88 Å². The second-order valence-corrected chi connectivity index (χ2v) is 4.90. The summed E-state index contributed by atoms with van der Waals surface area (Å²) in [4.78, 5) is 4.13. The Hall–Kier alpha value is -1.82. The molecule has 0 atom stereocenters. The van der Waals surface area contributed by atoms with Gasteiger partial charge in [-0.2, -0.15) is 13.2 Å². The maximum Gasteiger partial charge on any atom is 0.416 e. The average molecular weight is 297 g/mol. The van der Waals surface area contributed by atoms with E-state index in [2.05, 4.69) is 10.3 Å². The fourth-order valence-electron chi connectivity index (χ4n) is 2.15. The first-order valence-electron chi connectivity index (χ1n) is 6.76. The van der Waals surface area contributed by atoms with Crippen molar-refractivity contribution < 1.29 is 13.2 Å². The van der Waals surface area contributed by atoms with Crippen LogP contribution in [0.3, 0.4) is 0 Å². The van der Waals surface area contributed by atoms with E-state index >= 15 is 0 Å². The third-order valence-corrected chi connectivity index (χ3v) is 3.49. The van der Waals surface area contributed by atoms with Gasteiger partial charge in [-0.3, -0.25) is 0 Å². The van der Waals surface area contributed by atoms with Crippen LogP contribution in [0.25, 0.3) is 5.69 Å². The number of hydrogen-bond donors (Lipinski definition) is 1. The molecule has 0 amide bonds. The van der Waals surface area contributed by atoms with Gasteiger partial charge in [0.15, 0.2) is 0 Å². The molecule has 0 spiro atoms. The lowest BCUT2D eigenvalue weighted by Crippen LogP contribution is -2.17. The Bertz CT molecular complexity index is 630. The Morgan fingerprint density at radius 3 is 2.48 bits per heavy atom. The quantitative estimate of drug-likeness (QED) is 0.934. The maximum absolute atomic E-state index is 13.2. The number of halogens is 3. The van der Waals surface area contributed by atoms with Crippen molar-refractivity contribution in [3.8, 4) is 5.69 Å². The first-order valence-corrected chi connectivity index (χ1v) is 6.76. The van der Waals surface area contributed by atoms with Crippen LogP contribution >= 0.6 is 0 Å². The van der Waals surface area contributed by atoms with E-state index in [0.29, 0.717) is 12.2 Å². The van der Waals surface area contributed by atoms with Crippen LogP contribution in [-0.2, 0) is 12.7 Å². The Morgan fingerprint density at radius 2 is 1.95 bits per heavy atom. The van der Waals surface area contributed by atoms with E-state index in [1.54, 1.807) is 17.0 Å². The molecule has 21 heavy (non-hydrogen) atoms. The number of hydrogen-bond acceptors (Lipinski definition) is 2. The minimum atomic E-state index is -4.37. The number of alkyl halides is 3. The minimum absolute atomic E-state index is 0.202. The Morgan fingerprint density at radius 1 is 1.24 bits per heavy atom. The van der Waals surface area contributed by atoms with E-state index < -0.39 is 11.7 Å². The number of nitrogens with one attached hydrogen (secondary N) is 1. The molecule has 0 bridgehead atoms. The second kappa shape index (κ2) is 5.89. The molecule has 0 aliphatic heterocycles. The van der Waals surface area contributed by atoms with Crippen molar-refractivity contribution in [3.05, 3.63) is 47.0 Å². The molecular weight excluding hydrogens is 279 g/mol. The van der Waals surface area contributed by atoms with Crippen LogP contribution in [0, 0.1) is 13.8 Å². The zero-order valence-corrected chi connectivity index (χ0v) is 12.3. The summed E-state index contributed by atoms with van der Waals surface area (Å²) in [5.41, 5.74) is 1.76. The average Bonchev–Trinajstić information content (AvgIpc) is 2.76. The third-order valence-electron chi connectivity index (χ3n) is 3.49. The molecular formula is C15H18F3N3. The molecule has 3 nitrogen and oxygen atoms in total. The van der Waals surface area contributed by atoms with Gasteiger partial charge >= 0.3 is 6.18 Å². The van der Waals surface area contributed by atoms with Crippen LogP contribution in [0.4, 0.5) is 13.2 Å². The summed E-state index contributed by atoms with van der Waals surface area (Å²) in [6.45, 7) is 6.35. The van der Waals surface area contributed by atoms with Gasteiger partial charge in [0.25, 0.3) is 0 Å². The van der Waals surface area contributed by atoms with Gasteiger partial charge in [0.1, 0.15) is 0 Å². The Labute approximate surface area is 121 Å². The SMILES string of the molecule is CCNCc1ccc(-n2cnc(C)c2C)cc1C(F)(F)F. The summed E-state index contributed by atoms with van der Waals surface area (Å²) in [6, 6.07) is 4.40. The van der Waals surface area contributed by atoms with Gasteiger partial charge in [-0.15, -0.1) is 0 Å². The molecule has 2 rings (SSSR count). The van der Waals surface area contributed by atoms with Crippen LogP contribution in [-0.4, -0.2) is 16.1 Å². The number of aryl methyl sites for hydroxylation is 1. The highest BCUT2D eigenvalue weighted by Gasteiger charge is 2.33. The maximum atomic E-state index is 13.2. The molecule has 114 valence electrons. The van der Waals surface area contributed by atoms with E-state index in [1.807, 2.05) is 20.8 Å². The minimum Gasteiger partial charge on any atom is -0.313 e. The third kappa shape index (κ3) is 3.26. The summed E-state index contributed by atoms with van der Waals surface area (Å²) in [6.07, 6.45) is -2.82. The van der Waals surface area contributed by atoms with Crippen LogP contribution in [0.1, 0.15) is 29.4 Å². The van der Waals surface area contributed by atoms with E-state index in [0.717, 1.165) is 11.4 Å². The number of benzene rings is 1. The van der Waals surface area contributed by atoms with Crippen LogP contribution in [0.5, 0.6) is 0 Å². The number of aromatic nitrogens is 2. The van der Waals surface area contributed by atoms with Gasteiger partial charge in [-0.1, -0.05) is 13.0 Å². The molecule has 6 heteroatoms.